The monoisotopic (exact) mass is 418 g/mol. The van der Waals surface area contributed by atoms with E-state index in [1.54, 1.807) is 12.3 Å². The van der Waals surface area contributed by atoms with Crippen LogP contribution in [0.15, 0.2) is 41.6 Å². The van der Waals surface area contributed by atoms with E-state index in [0.717, 1.165) is 28.7 Å². The quantitative estimate of drug-likeness (QED) is 0.817. The molecule has 1 atom stereocenters. The maximum atomic E-state index is 11.6. The van der Waals surface area contributed by atoms with Gasteiger partial charge in [-0.3, -0.25) is 0 Å². The molecule has 29 heavy (non-hydrogen) atoms. The van der Waals surface area contributed by atoms with E-state index in [2.05, 4.69) is 4.98 Å². The summed E-state index contributed by atoms with van der Waals surface area (Å²) in [7, 11) is -3.33. The summed E-state index contributed by atoms with van der Waals surface area (Å²) in [5, 5.41) is 9.11. The Labute approximate surface area is 169 Å². The van der Waals surface area contributed by atoms with Gasteiger partial charge in [0, 0.05) is 42.6 Å². The molecule has 1 unspecified atom stereocenters. The zero-order valence-corrected chi connectivity index (χ0v) is 16.8. The van der Waals surface area contributed by atoms with E-state index in [-0.39, 0.29) is 17.2 Å². The summed E-state index contributed by atoms with van der Waals surface area (Å²) in [6.45, 7) is 1.39. The fourth-order valence-corrected chi connectivity index (χ4v) is 4.24. The molecule has 3 heterocycles. The van der Waals surface area contributed by atoms with Gasteiger partial charge in [-0.2, -0.15) is 0 Å². The fraction of sp³-hybridized carbons (Fsp3) is 0.400. The van der Waals surface area contributed by atoms with Crippen LogP contribution in [0.5, 0.6) is 5.75 Å². The Balaban J connectivity index is 1.46. The topological polar surface area (TPSA) is 106 Å². The van der Waals surface area contributed by atoms with Crippen LogP contribution in [0.25, 0.3) is 11.1 Å². The van der Waals surface area contributed by atoms with Crippen molar-refractivity contribution in [3.8, 4) is 16.9 Å². The minimum absolute atomic E-state index is 0.0441. The van der Waals surface area contributed by atoms with Crippen molar-refractivity contribution in [2.45, 2.75) is 30.8 Å². The summed E-state index contributed by atoms with van der Waals surface area (Å²) in [5.74, 6) is 0.914. The molecule has 154 valence electrons. The van der Waals surface area contributed by atoms with Crippen LogP contribution >= 0.6 is 0 Å². The Morgan fingerprint density at radius 1 is 1.17 bits per heavy atom. The van der Waals surface area contributed by atoms with Gasteiger partial charge in [0.1, 0.15) is 5.75 Å². The number of rotatable bonds is 3. The van der Waals surface area contributed by atoms with E-state index >= 15 is 0 Å². The lowest BCUT2D eigenvalue weighted by Gasteiger charge is -2.36. The van der Waals surface area contributed by atoms with Gasteiger partial charge >= 0.3 is 6.09 Å². The molecule has 0 aliphatic carbocycles. The van der Waals surface area contributed by atoms with E-state index in [0.29, 0.717) is 32.5 Å². The van der Waals surface area contributed by atoms with Gasteiger partial charge in [0.15, 0.2) is 14.9 Å². The first kappa shape index (κ1) is 19.7. The Morgan fingerprint density at radius 3 is 2.52 bits per heavy atom. The number of sulfone groups is 1. The molecule has 0 spiro atoms. The van der Waals surface area contributed by atoms with Crippen LogP contribution in [0.2, 0.25) is 0 Å². The number of fused-ring (bicyclic) bond motifs is 1. The van der Waals surface area contributed by atoms with Crippen LogP contribution in [0, 0.1) is 5.92 Å². The average molecular weight is 418 g/mol. The van der Waals surface area contributed by atoms with E-state index in [1.807, 2.05) is 18.2 Å². The molecule has 8 nitrogen and oxygen atoms in total. The molecule has 2 aromatic rings. The molecule has 0 radical (unpaired) electrons. The Hall–Kier alpha value is -2.65. The maximum Gasteiger partial charge on any atom is 0.407 e. The van der Waals surface area contributed by atoms with Crippen LogP contribution in [0.4, 0.5) is 4.79 Å². The zero-order valence-electron chi connectivity index (χ0n) is 15.9. The highest BCUT2D eigenvalue weighted by molar-refractivity contribution is 7.90. The molecular formula is C20H22N2O6S. The second-order valence-corrected chi connectivity index (χ2v) is 9.35. The second-order valence-electron chi connectivity index (χ2n) is 7.38. The lowest BCUT2D eigenvalue weighted by molar-refractivity contribution is -0.148. The largest absolute Gasteiger partial charge is 0.465 e. The van der Waals surface area contributed by atoms with Crippen molar-refractivity contribution in [1.29, 1.82) is 0 Å². The Bertz CT molecular complexity index is 1010. The zero-order chi connectivity index (χ0) is 20.6. The predicted octanol–water partition coefficient (Wildman–Crippen LogP) is 2.78. The van der Waals surface area contributed by atoms with Crippen molar-refractivity contribution in [2.75, 3.05) is 19.3 Å². The molecule has 2 aliphatic heterocycles. The molecule has 1 fully saturated rings. The van der Waals surface area contributed by atoms with Crippen molar-refractivity contribution in [3.63, 3.8) is 0 Å². The number of hydrogen-bond acceptors (Lipinski definition) is 6. The van der Waals surface area contributed by atoms with Gasteiger partial charge in [0.05, 0.1) is 6.61 Å². The maximum absolute atomic E-state index is 11.6. The van der Waals surface area contributed by atoms with Gasteiger partial charge in [-0.15, -0.1) is 0 Å². The molecule has 2 aliphatic rings. The number of carboxylic acid groups (broad SMARTS) is 1. The lowest BCUT2D eigenvalue weighted by Crippen LogP contribution is -2.43. The van der Waals surface area contributed by atoms with Gasteiger partial charge < -0.3 is 19.5 Å². The lowest BCUT2D eigenvalue weighted by atomic mass is 9.95. The first-order chi connectivity index (χ1) is 13.8. The van der Waals surface area contributed by atoms with Crippen molar-refractivity contribution in [1.82, 2.24) is 9.88 Å². The van der Waals surface area contributed by atoms with Crippen molar-refractivity contribution in [3.05, 3.63) is 42.1 Å². The van der Waals surface area contributed by atoms with Crippen LogP contribution in [-0.2, 0) is 21.2 Å². The minimum atomic E-state index is -3.33. The van der Waals surface area contributed by atoms with Crippen LogP contribution in [0.3, 0.4) is 0 Å². The van der Waals surface area contributed by atoms with Gasteiger partial charge in [-0.05, 0) is 42.7 Å². The number of carbonyl (C=O) groups is 1. The third kappa shape index (κ3) is 4.20. The Morgan fingerprint density at radius 2 is 1.90 bits per heavy atom. The molecule has 1 saturated heterocycles. The molecule has 0 saturated carbocycles. The summed E-state index contributed by atoms with van der Waals surface area (Å²) < 4.78 is 35.1. The number of pyridine rings is 1. The number of amides is 1. The van der Waals surface area contributed by atoms with Gasteiger partial charge in [0.25, 0.3) is 0 Å². The molecule has 9 heteroatoms. The average Bonchev–Trinajstić information content (AvgIpc) is 2.72. The van der Waals surface area contributed by atoms with E-state index in [9.17, 15) is 13.2 Å². The highest BCUT2D eigenvalue weighted by Gasteiger charge is 2.33. The molecule has 4 rings (SSSR count). The standard InChI is InChI=1S/C20H22N2O6S/c1-29(25,26)18-5-3-15(11-21-18)14-2-4-17-16(10-14)12-27-19(28-17)13-6-8-22(9-7-13)20(23)24/h2-5,10-11,13,19H,6-9,12H2,1H3,(H,23,24). The Kier molecular flexibility index (Phi) is 5.18. The van der Waals surface area contributed by atoms with Crippen LogP contribution < -0.4 is 4.74 Å². The third-order valence-electron chi connectivity index (χ3n) is 5.35. The number of nitrogens with zero attached hydrogens (tertiary/aromatic N) is 2. The summed E-state index contributed by atoms with van der Waals surface area (Å²) in [6, 6.07) is 8.98. The smallest absolute Gasteiger partial charge is 0.407 e. The van der Waals surface area contributed by atoms with Gasteiger partial charge in [0.2, 0.25) is 6.29 Å². The number of ether oxygens (including phenoxy) is 2. The number of piperidine rings is 1. The first-order valence-electron chi connectivity index (χ1n) is 9.37. The van der Waals surface area contributed by atoms with E-state index in [4.69, 9.17) is 14.6 Å². The molecule has 1 aromatic carbocycles. The highest BCUT2D eigenvalue weighted by atomic mass is 32.2. The predicted molar refractivity (Wildman–Crippen MR) is 104 cm³/mol. The molecule has 1 aromatic heterocycles. The van der Waals surface area contributed by atoms with E-state index < -0.39 is 15.9 Å². The molecule has 1 amide bonds. The van der Waals surface area contributed by atoms with Crippen LogP contribution in [0.1, 0.15) is 18.4 Å². The van der Waals surface area contributed by atoms with E-state index in [1.165, 1.54) is 11.0 Å². The minimum Gasteiger partial charge on any atom is -0.465 e. The van der Waals surface area contributed by atoms with Crippen LogP contribution in [-0.4, -0.2) is 55.1 Å². The molecule has 1 N–H and O–H groups in total. The molecular weight excluding hydrogens is 396 g/mol. The summed E-state index contributed by atoms with van der Waals surface area (Å²) in [4.78, 5) is 16.5. The van der Waals surface area contributed by atoms with Gasteiger partial charge in [-0.25, -0.2) is 18.2 Å². The first-order valence-corrected chi connectivity index (χ1v) is 11.3. The number of benzene rings is 1. The van der Waals surface area contributed by atoms with Crippen molar-refractivity contribution in [2.24, 2.45) is 5.92 Å². The molecule has 0 bridgehead atoms. The summed E-state index contributed by atoms with van der Waals surface area (Å²) in [6.07, 6.45) is 2.84. The van der Waals surface area contributed by atoms with Crippen molar-refractivity contribution >= 4 is 15.9 Å². The normalized spacial score (nSPS) is 20.0. The number of hydrogen-bond donors (Lipinski definition) is 1. The SMILES string of the molecule is CS(=O)(=O)c1ccc(-c2ccc3c(c2)COC(C2CCN(C(=O)O)CC2)O3)cn1. The van der Waals surface area contributed by atoms with Crippen molar-refractivity contribution < 1.29 is 27.8 Å². The number of likely N-dealkylation sites (tertiary alicyclic amines) is 1. The fourth-order valence-electron chi connectivity index (χ4n) is 3.68. The number of aromatic nitrogens is 1. The summed E-state index contributed by atoms with van der Waals surface area (Å²) in [5.41, 5.74) is 2.62. The third-order valence-corrected chi connectivity index (χ3v) is 6.35. The second kappa shape index (κ2) is 7.64. The van der Waals surface area contributed by atoms with Gasteiger partial charge in [-0.1, -0.05) is 6.07 Å². The highest BCUT2D eigenvalue weighted by Crippen LogP contribution is 2.35. The summed E-state index contributed by atoms with van der Waals surface area (Å²) >= 11 is 0.